The van der Waals surface area contributed by atoms with Gasteiger partial charge in [-0.2, -0.15) is 0 Å². The molecule has 0 aromatic heterocycles. The van der Waals surface area contributed by atoms with Gasteiger partial charge < -0.3 is 10.6 Å². The predicted octanol–water partition coefficient (Wildman–Crippen LogP) is -0.185. The van der Waals surface area contributed by atoms with E-state index in [0.29, 0.717) is 13.1 Å². The molecule has 62 valence electrons. The van der Waals surface area contributed by atoms with Gasteiger partial charge in [0.1, 0.15) is 0 Å². The van der Waals surface area contributed by atoms with Gasteiger partial charge in [-0.3, -0.25) is 4.79 Å². The molecule has 0 aromatic carbocycles. The lowest BCUT2D eigenvalue weighted by Gasteiger charge is -2.23. The van der Waals surface area contributed by atoms with Crippen molar-refractivity contribution in [3.05, 3.63) is 0 Å². The first kappa shape index (κ1) is 9.99. The van der Waals surface area contributed by atoms with E-state index in [2.05, 4.69) is 5.92 Å². The smallest absolute Gasteiger partial charge is 0.298 e. The monoisotopic (exact) mass is 154 g/mol. The highest BCUT2D eigenvalue weighted by Gasteiger charge is 2.12. The topological polar surface area (TPSA) is 46.3 Å². The molecule has 2 N–H and O–H groups in total. The molecule has 11 heavy (non-hydrogen) atoms. The maximum atomic E-state index is 11.0. The summed E-state index contributed by atoms with van der Waals surface area (Å²) in [4.78, 5) is 12.5. The van der Waals surface area contributed by atoms with Crippen molar-refractivity contribution in [3.8, 4) is 12.3 Å². The molecule has 0 spiro atoms. The van der Waals surface area contributed by atoms with E-state index in [1.165, 1.54) is 0 Å². The van der Waals surface area contributed by atoms with Gasteiger partial charge in [-0.15, -0.1) is 6.42 Å². The molecule has 3 nitrogen and oxygen atoms in total. The highest BCUT2D eigenvalue weighted by Crippen LogP contribution is 1.96. The van der Waals surface area contributed by atoms with E-state index in [1.54, 1.807) is 4.90 Å². The number of nitrogens with two attached hydrogens (primary N) is 1. The number of rotatable bonds is 3. The molecule has 0 radical (unpaired) electrons. The third-order valence-corrected chi connectivity index (χ3v) is 1.38. The molecule has 0 unspecified atom stereocenters. The summed E-state index contributed by atoms with van der Waals surface area (Å²) in [7, 11) is 0. The molecule has 0 aromatic rings. The SMILES string of the molecule is C#CC(=O)N(CCN)C(C)C. The van der Waals surface area contributed by atoms with Crippen molar-refractivity contribution in [1.29, 1.82) is 0 Å². The number of hydrogen-bond acceptors (Lipinski definition) is 2. The minimum Gasteiger partial charge on any atom is -0.329 e. The zero-order chi connectivity index (χ0) is 8.85. The number of nitrogens with zero attached hydrogens (tertiary/aromatic N) is 1. The van der Waals surface area contributed by atoms with Crippen molar-refractivity contribution < 1.29 is 4.79 Å². The lowest BCUT2D eigenvalue weighted by Crippen LogP contribution is -2.39. The highest BCUT2D eigenvalue weighted by atomic mass is 16.2. The van der Waals surface area contributed by atoms with Crippen LogP contribution in [0.3, 0.4) is 0 Å². The minimum absolute atomic E-state index is 0.127. The first-order valence-corrected chi connectivity index (χ1v) is 3.60. The van der Waals surface area contributed by atoms with Gasteiger partial charge in [0.25, 0.3) is 5.91 Å². The number of carbonyl (C=O) groups excluding carboxylic acids is 1. The second kappa shape index (κ2) is 4.75. The Balaban J connectivity index is 4.12. The summed E-state index contributed by atoms with van der Waals surface area (Å²) in [6.45, 7) is 4.79. The molecule has 0 aliphatic heterocycles. The molecular formula is C8H14N2O. The van der Waals surface area contributed by atoms with Crippen LogP contribution in [0.4, 0.5) is 0 Å². The number of hydrogen-bond donors (Lipinski definition) is 1. The normalized spacial score (nSPS) is 9.36. The van der Waals surface area contributed by atoms with Crippen LogP contribution in [0.25, 0.3) is 0 Å². The molecule has 0 aliphatic carbocycles. The average molecular weight is 154 g/mol. The first-order chi connectivity index (χ1) is 5.13. The number of amides is 1. The van der Waals surface area contributed by atoms with Crippen molar-refractivity contribution in [3.63, 3.8) is 0 Å². The summed E-state index contributed by atoms with van der Waals surface area (Å²) in [5, 5.41) is 0. The summed E-state index contributed by atoms with van der Waals surface area (Å²) < 4.78 is 0. The summed E-state index contributed by atoms with van der Waals surface area (Å²) in [6.07, 6.45) is 4.96. The molecule has 0 aliphatic rings. The Morgan fingerprint density at radius 3 is 2.55 bits per heavy atom. The Morgan fingerprint density at radius 1 is 1.73 bits per heavy atom. The molecule has 3 heteroatoms. The fourth-order valence-corrected chi connectivity index (χ4v) is 0.816. The largest absolute Gasteiger partial charge is 0.329 e. The van der Waals surface area contributed by atoms with Gasteiger partial charge >= 0.3 is 0 Å². The van der Waals surface area contributed by atoms with Crippen LogP contribution in [0.1, 0.15) is 13.8 Å². The second-order valence-corrected chi connectivity index (χ2v) is 2.53. The van der Waals surface area contributed by atoms with Crippen LogP contribution in [0.5, 0.6) is 0 Å². The van der Waals surface area contributed by atoms with Crippen LogP contribution >= 0.6 is 0 Å². The quantitative estimate of drug-likeness (QED) is 0.573. The first-order valence-electron chi connectivity index (χ1n) is 3.60. The fraction of sp³-hybridized carbons (Fsp3) is 0.625. The molecule has 0 atom stereocenters. The third kappa shape index (κ3) is 3.06. The van der Waals surface area contributed by atoms with Crippen molar-refractivity contribution in [1.82, 2.24) is 4.90 Å². The number of carbonyl (C=O) groups is 1. The van der Waals surface area contributed by atoms with Crippen molar-refractivity contribution in [2.75, 3.05) is 13.1 Å². The Kier molecular flexibility index (Phi) is 4.32. The minimum atomic E-state index is -0.287. The van der Waals surface area contributed by atoms with Crippen LogP contribution in [-0.2, 0) is 4.79 Å². The lowest BCUT2D eigenvalue weighted by atomic mass is 10.3. The van der Waals surface area contributed by atoms with Crippen LogP contribution in [0.15, 0.2) is 0 Å². The fourth-order valence-electron chi connectivity index (χ4n) is 0.816. The summed E-state index contributed by atoms with van der Waals surface area (Å²) >= 11 is 0. The van der Waals surface area contributed by atoms with Gasteiger partial charge in [0.2, 0.25) is 0 Å². The Bertz CT molecular complexity index is 169. The highest BCUT2D eigenvalue weighted by molar-refractivity contribution is 5.93. The van der Waals surface area contributed by atoms with Gasteiger partial charge in [-0.25, -0.2) is 0 Å². The van der Waals surface area contributed by atoms with Gasteiger partial charge in [-0.05, 0) is 19.8 Å². The van der Waals surface area contributed by atoms with Crippen LogP contribution in [-0.4, -0.2) is 29.9 Å². The van der Waals surface area contributed by atoms with Crippen molar-refractivity contribution >= 4 is 5.91 Å². The maximum Gasteiger partial charge on any atom is 0.298 e. The van der Waals surface area contributed by atoms with Gasteiger partial charge in [0, 0.05) is 19.1 Å². The van der Waals surface area contributed by atoms with E-state index < -0.39 is 0 Å². The van der Waals surface area contributed by atoms with E-state index in [1.807, 2.05) is 13.8 Å². The summed E-state index contributed by atoms with van der Waals surface area (Å²) in [6, 6.07) is 0.127. The van der Waals surface area contributed by atoms with E-state index in [4.69, 9.17) is 12.2 Å². The molecule has 0 heterocycles. The van der Waals surface area contributed by atoms with Gasteiger partial charge in [0.05, 0.1) is 0 Å². The zero-order valence-corrected chi connectivity index (χ0v) is 7.00. The molecule has 0 saturated carbocycles. The summed E-state index contributed by atoms with van der Waals surface area (Å²) in [5.41, 5.74) is 5.30. The Hall–Kier alpha value is -1.01. The van der Waals surface area contributed by atoms with E-state index in [-0.39, 0.29) is 11.9 Å². The second-order valence-electron chi connectivity index (χ2n) is 2.53. The van der Waals surface area contributed by atoms with Crippen molar-refractivity contribution in [2.45, 2.75) is 19.9 Å². The molecular weight excluding hydrogens is 140 g/mol. The van der Waals surface area contributed by atoms with Crippen LogP contribution < -0.4 is 5.73 Å². The van der Waals surface area contributed by atoms with E-state index in [0.717, 1.165) is 0 Å². The standard InChI is InChI=1S/C8H14N2O/c1-4-8(11)10(6-5-9)7(2)3/h1,7H,5-6,9H2,2-3H3. The molecule has 0 bridgehead atoms. The predicted molar refractivity (Wildman–Crippen MR) is 44.7 cm³/mol. The van der Waals surface area contributed by atoms with Gasteiger partial charge in [0.15, 0.2) is 0 Å². The van der Waals surface area contributed by atoms with E-state index in [9.17, 15) is 4.79 Å². The third-order valence-electron chi connectivity index (χ3n) is 1.38. The number of terminal acetylenes is 1. The molecule has 1 amide bonds. The van der Waals surface area contributed by atoms with E-state index >= 15 is 0 Å². The van der Waals surface area contributed by atoms with Crippen LogP contribution in [0.2, 0.25) is 0 Å². The lowest BCUT2D eigenvalue weighted by molar-refractivity contribution is -0.126. The molecule has 0 saturated heterocycles. The molecule has 0 rings (SSSR count). The average Bonchev–Trinajstić information content (AvgIpc) is 1.98. The zero-order valence-electron chi connectivity index (χ0n) is 7.00. The van der Waals surface area contributed by atoms with Crippen molar-refractivity contribution in [2.24, 2.45) is 5.73 Å². The van der Waals surface area contributed by atoms with Gasteiger partial charge in [-0.1, -0.05) is 0 Å². The maximum absolute atomic E-state index is 11.0. The Morgan fingerprint density at radius 2 is 2.27 bits per heavy atom. The van der Waals surface area contributed by atoms with Crippen LogP contribution in [0, 0.1) is 12.3 Å². The Labute approximate surface area is 67.6 Å². The molecule has 0 fully saturated rings. The summed E-state index contributed by atoms with van der Waals surface area (Å²) in [5.74, 6) is 1.78.